The van der Waals surface area contributed by atoms with Gasteiger partial charge in [0, 0.05) is 0 Å². The van der Waals surface area contributed by atoms with Gasteiger partial charge in [0.15, 0.2) is 0 Å². The monoisotopic (exact) mass is 890 g/mol. The number of fused-ring (bicyclic) bond motifs is 19. The number of hydrogen-bond acceptors (Lipinski definition) is 0. The van der Waals surface area contributed by atoms with Crippen LogP contribution in [0.4, 0.5) is 0 Å². The van der Waals surface area contributed by atoms with Crippen LogP contribution in [-0.2, 0) is 11.8 Å². The molecule has 0 saturated heterocycles. The Morgan fingerprint density at radius 3 is 1.79 bits per heavy atom. The van der Waals surface area contributed by atoms with Gasteiger partial charge >= 0.3 is 0 Å². The van der Waals surface area contributed by atoms with Gasteiger partial charge in [-0.05, 0) is 193 Å². The highest BCUT2D eigenvalue weighted by Crippen LogP contribution is 2.67. The van der Waals surface area contributed by atoms with E-state index in [2.05, 4.69) is 232 Å². The molecule has 0 saturated carbocycles. The van der Waals surface area contributed by atoms with Crippen LogP contribution in [0.5, 0.6) is 0 Å². The lowest BCUT2D eigenvalue weighted by Crippen LogP contribution is -2.29. The standard InChI is InChI=1S/C70H50/c1-42-27-35-53-52-18-6-11-23-59(52)69-67(58(53)36-28-42)61-38-33-48-41-50(34-37-51(48)68(61)70(69)62-25-13-12-24-60(62)64-43(2)15-14-26-63(64)70)66-56-21-9-7-19-54(56)65(55-20-8-10-22-57(55)66)49-32-31-46-39-45(29-30-47(46)40-49)44-16-4-3-5-17-44/h3-5,7-14,16-17,19-43H,6,15,18H2,1-2H3. The number of benzene rings is 10. The first-order valence-electron chi connectivity index (χ1n) is 25.4. The smallest absolute Gasteiger partial charge is 0.0734 e. The fourth-order valence-corrected chi connectivity index (χ4v) is 13.9. The molecule has 0 bridgehead atoms. The summed E-state index contributed by atoms with van der Waals surface area (Å²) in [6, 6.07) is 64.7. The first kappa shape index (κ1) is 39.9. The molecule has 3 atom stereocenters. The van der Waals surface area contributed by atoms with Crippen molar-refractivity contribution in [2.75, 3.05) is 0 Å². The van der Waals surface area contributed by atoms with Gasteiger partial charge in [-0.1, -0.05) is 214 Å². The van der Waals surface area contributed by atoms with Crippen LogP contribution in [0, 0.1) is 11.8 Å². The van der Waals surface area contributed by atoms with Gasteiger partial charge in [0.1, 0.15) is 0 Å². The van der Waals surface area contributed by atoms with Crippen molar-refractivity contribution in [2.24, 2.45) is 11.8 Å². The molecule has 0 heterocycles. The van der Waals surface area contributed by atoms with E-state index in [0.29, 0.717) is 11.8 Å². The molecule has 0 fully saturated rings. The summed E-state index contributed by atoms with van der Waals surface area (Å²) < 4.78 is 0. The lowest BCUT2D eigenvalue weighted by Gasteiger charge is -2.36. The van der Waals surface area contributed by atoms with Crippen LogP contribution < -0.4 is 0 Å². The summed E-state index contributed by atoms with van der Waals surface area (Å²) in [5.41, 5.74) is 24.4. The molecule has 0 nitrogen and oxygen atoms in total. The zero-order valence-electron chi connectivity index (χ0n) is 39.6. The molecule has 1 spiro atoms. The minimum atomic E-state index is -0.455. The Morgan fingerprint density at radius 2 is 1.04 bits per heavy atom. The predicted molar refractivity (Wildman–Crippen MR) is 299 cm³/mol. The summed E-state index contributed by atoms with van der Waals surface area (Å²) in [7, 11) is 0. The third kappa shape index (κ3) is 5.42. The molecule has 3 unspecified atom stereocenters. The third-order valence-corrected chi connectivity index (χ3v) is 16.8. The molecule has 0 amide bonds. The van der Waals surface area contributed by atoms with E-state index >= 15 is 0 Å². The molecule has 0 N–H and O–H groups in total. The SMILES string of the molecule is CC1C=Cc2c(c3c(c4c2CCC=C4)C2(C4=C(c5ccccc52)C(C)CC=C4)c2c-3ccc3cc(-c4c5ccccc5c(-c5ccc6cc(-c7ccccc7)ccc6c5)c5ccccc45)ccc23)C=C1. The zero-order valence-corrected chi connectivity index (χ0v) is 39.6. The van der Waals surface area contributed by atoms with E-state index in [0.717, 1.165) is 19.3 Å². The van der Waals surface area contributed by atoms with E-state index in [1.165, 1.54) is 143 Å². The van der Waals surface area contributed by atoms with Gasteiger partial charge in [-0.25, -0.2) is 0 Å². The van der Waals surface area contributed by atoms with Crippen molar-refractivity contribution in [3.63, 3.8) is 0 Å². The fraction of sp³-hybridized carbons (Fsp3) is 0.114. The van der Waals surface area contributed by atoms with Crippen LogP contribution in [0.15, 0.2) is 206 Å². The lowest BCUT2D eigenvalue weighted by atomic mass is 9.65. The van der Waals surface area contributed by atoms with Crippen molar-refractivity contribution in [3.05, 3.63) is 250 Å². The number of rotatable bonds is 3. The molecule has 0 radical (unpaired) electrons. The summed E-state index contributed by atoms with van der Waals surface area (Å²) >= 11 is 0. The summed E-state index contributed by atoms with van der Waals surface area (Å²) in [6.45, 7) is 4.76. The Morgan fingerprint density at radius 1 is 0.429 bits per heavy atom. The molecule has 10 aromatic carbocycles. The first-order valence-corrected chi connectivity index (χ1v) is 25.4. The van der Waals surface area contributed by atoms with E-state index in [1.54, 1.807) is 0 Å². The van der Waals surface area contributed by atoms with Gasteiger partial charge in [-0.3, -0.25) is 0 Å². The topological polar surface area (TPSA) is 0 Å². The number of hydrogen-bond donors (Lipinski definition) is 0. The molecule has 15 rings (SSSR count). The second-order valence-electron chi connectivity index (χ2n) is 20.6. The van der Waals surface area contributed by atoms with Crippen LogP contribution in [0.2, 0.25) is 0 Å². The van der Waals surface area contributed by atoms with Gasteiger partial charge in [0.05, 0.1) is 5.41 Å². The van der Waals surface area contributed by atoms with Crippen LogP contribution in [0.1, 0.15) is 71.2 Å². The van der Waals surface area contributed by atoms with Crippen LogP contribution in [0.3, 0.4) is 0 Å². The largest absolute Gasteiger partial charge is 0.0836 e. The summed E-state index contributed by atoms with van der Waals surface area (Å²) in [5, 5.41) is 10.2. The fourth-order valence-electron chi connectivity index (χ4n) is 13.9. The normalized spacial score (nSPS) is 19.2. The molecule has 0 aromatic heterocycles. The van der Waals surface area contributed by atoms with Crippen LogP contribution in [0.25, 0.3) is 111 Å². The van der Waals surface area contributed by atoms with Crippen LogP contribution >= 0.6 is 0 Å². The molecule has 0 aliphatic heterocycles. The predicted octanol–water partition coefficient (Wildman–Crippen LogP) is 18.6. The highest BCUT2D eigenvalue weighted by atomic mass is 14.6. The second-order valence-corrected chi connectivity index (χ2v) is 20.6. The maximum Gasteiger partial charge on any atom is 0.0734 e. The van der Waals surface area contributed by atoms with Crippen molar-refractivity contribution >= 4 is 66.9 Å². The van der Waals surface area contributed by atoms with E-state index < -0.39 is 5.41 Å². The molecule has 5 aliphatic rings. The molecule has 70 heavy (non-hydrogen) atoms. The molecular formula is C70H50. The molecule has 10 aromatic rings. The minimum Gasteiger partial charge on any atom is -0.0836 e. The van der Waals surface area contributed by atoms with E-state index in [-0.39, 0.29) is 0 Å². The highest BCUT2D eigenvalue weighted by molar-refractivity contribution is 6.22. The summed E-state index contributed by atoms with van der Waals surface area (Å²) in [5.74, 6) is 0.797. The van der Waals surface area contributed by atoms with Gasteiger partial charge in [0.25, 0.3) is 0 Å². The summed E-state index contributed by atoms with van der Waals surface area (Å²) in [4.78, 5) is 0. The van der Waals surface area contributed by atoms with Gasteiger partial charge in [0.2, 0.25) is 0 Å². The van der Waals surface area contributed by atoms with E-state index in [1.807, 2.05) is 0 Å². The first-order chi connectivity index (χ1) is 34.6. The third-order valence-electron chi connectivity index (χ3n) is 16.8. The van der Waals surface area contributed by atoms with E-state index in [9.17, 15) is 0 Å². The average molecular weight is 891 g/mol. The Labute approximate surface area is 410 Å². The van der Waals surface area contributed by atoms with Gasteiger partial charge in [-0.2, -0.15) is 0 Å². The van der Waals surface area contributed by atoms with E-state index in [4.69, 9.17) is 0 Å². The Balaban J connectivity index is 0.980. The molecule has 5 aliphatic carbocycles. The maximum absolute atomic E-state index is 2.53. The highest BCUT2D eigenvalue weighted by Gasteiger charge is 2.56. The Hall–Kier alpha value is -8.06. The van der Waals surface area contributed by atoms with Crippen molar-refractivity contribution in [2.45, 2.75) is 38.5 Å². The number of allylic oxidation sites excluding steroid dienone is 7. The molecule has 330 valence electrons. The quantitative estimate of drug-likeness (QED) is 0.155. The zero-order chi connectivity index (χ0) is 46.2. The van der Waals surface area contributed by atoms with Crippen molar-refractivity contribution in [3.8, 4) is 44.5 Å². The minimum absolute atomic E-state index is 0.369. The Bertz CT molecular complexity index is 4050. The van der Waals surface area contributed by atoms with Crippen molar-refractivity contribution in [1.82, 2.24) is 0 Å². The van der Waals surface area contributed by atoms with Gasteiger partial charge < -0.3 is 0 Å². The summed E-state index contributed by atoms with van der Waals surface area (Å²) in [6.07, 6.45) is 22.9. The lowest BCUT2D eigenvalue weighted by molar-refractivity contribution is 0.731. The maximum atomic E-state index is 2.53. The van der Waals surface area contributed by atoms with Crippen LogP contribution in [-0.4, -0.2) is 0 Å². The van der Waals surface area contributed by atoms with Crippen molar-refractivity contribution < 1.29 is 0 Å². The molecule has 0 heteroatoms. The van der Waals surface area contributed by atoms with Gasteiger partial charge in [-0.15, -0.1) is 0 Å². The van der Waals surface area contributed by atoms with Crippen molar-refractivity contribution in [1.29, 1.82) is 0 Å². The molecular weight excluding hydrogens is 841 g/mol. The second kappa shape index (κ2) is 15.0. The Kier molecular flexibility index (Phi) is 8.53. The average Bonchev–Trinajstić information content (AvgIpc) is 3.80.